The van der Waals surface area contributed by atoms with E-state index in [0.29, 0.717) is 12.0 Å². The second-order valence-electron chi connectivity index (χ2n) is 5.56. The Bertz CT molecular complexity index is 251. The molecule has 1 rings (SSSR count). The van der Waals surface area contributed by atoms with Gasteiger partial charge in [0, 0.05) is 32.8 Å². The topological polar surface area (TPSA) is 24.5 Å². The van der Waals surface area contributed by atoms with Crippen LogP contribution in [0.3, 0.4) is 0 Å². The summed E-state index contributed by atoms with van der Waals surface area (Å²) in [5, 5.41) is 3.56. The largest absolute Gasteiger partial charge is 0.380 e. The maximum Gasteiger partial charge on any atom is 0.0673 e. The van der Waals surface area contributed by atoms with Gasteiger partial charge in [0.2, 0.25) is 0 Å². The second-order valence-corrected chi connectivity index (χ2v) is 5.56. The number of hydrogen-bond acceptors (Lipinski definition) is 3. The highest BCUT2D eigenvalue weighted by molar-refractivity contribution is 5.08. The fourth-order valence-electron chi connectivity index (χ4n) is 2.56. The molecular weight excluding hydrogens is 224 g/mol. The quantitative estimate of drug-likeness (QED) is 0.531. The maximum atomic E-state index is 5.20. The third kappa shape index (κ3) is 5.09. The van der Waals surface area contributed by atoms with Gasteiger partial charge in [0.15, 0.2) is 0 Å². The molecule has 1 aliphatic heterocycles. The number of hydrogen-bond donors (Lipinski definition) is 1. The van der Waals surface area contributed by atoms with Gasteiger partial charge in [0.1, 0.15) is 0 Å². The molecule has 3 nitrogen and oxygen atoms in total. The minimum absolute atomic E-state index is 0.650. The molecule has 1 heterocycles. The van der Waals surface area contributed by atoms with Crippen molar-refractivity contribution >= 4 is 0 Å². The van der Waals surface area contributed by atoms with Crippen LogP contribution >= 0.6 is 0 Å². The Hall–Kier alpha value is -0.380. The van der Waals surface area contributed by atoms with E-state index in [1.807, 2.05) is 0 Å². The van der Waals surface area contributed by atoms with Crippen LogP contribution in [0.5, 0.6) is 0 Å². The van der Waals surface area contributed by atoms with Crippen LogP contribution in [0.25, 0.3) is 0 Å². The zero-order valence-corrected chi connectivity index (χ0v) is 12.5. The van der Waals surface area contributed by atoms with Gasteiger partial charge in [-0.15, -0.1) is 0 Å². The molecule has 1 aliphatic rings. The first-order valence-electron chi connectivity index (χ1n) is 7.30. The number of nitrogens with zero attached hydrogens (tertiary/aromatic N) is 1. The molecule has 0 aromatic heterocycles. The first kappa shape index (κ1) is 15.7. The van der Waals surface area contributed by atoms with Gasteiger partial charge in [-0.25, -0.2) is 0 Å². The molecule has 1 atom stereocenters. The Labute approximate surface area is 113 Å². The normalized spacial score (nSPS) is 19.1. The van der Waals surface area contributed by atoms with Gasteiger partial charge < -0.3 is 10.1 Å². The minimum atomic E-state index is 0.650. The van der Waals surface area contributed by atoms with E-state index in [-0.39, 0.29) is 0 Å². The predicted molar refractivity (Wildman–Crippen MR) is 77.9 cm³/mol. The van der Waals surface area contributed by atoms with Gasteiger partial charge in [-0.1, -0.05) is 26.8 Å². The molecule has 1 unspecified atom stereocenters. The SMILES string of the molecule is CCCNCC(C(C)C)N1CC=C(COC)CC1. The highest BCUT2D eigenvalue weighted by Crippen LogP contribution is 2.17. The van der Waals surface area contributed by atoms with Crippen LogP contribution in [0.2, 0.25) is 0 Å². The minimum Gasteiger partial charge on any atom is -0.380 e. The van der Waals surface area contributed by atoms with E-state index in [9.17, 15) is 0 Å². The molecule has 0 fully saturated rings. The first-order chi connectivity index (χ1) is 8.69. The Morgan fingerprint density at radius 3 is 2.72 bits per heavy atom. The summed E-state index contributed by atoms with van der Waals surface area (Å²) in [5.74, 6) is 0.701. The molecule has 0 aromatic rings. The van der Waals surface area contributed by atoms with Gasteiger partial charge in [0.05, 0.1) is 6.61 Å². The standard InChI is InChI=1S/C15H30N2O/c1-5-8-16-11-15(13(2)3)17-9-6-14(7-10-17)12-18-4/h6,13,15-16H,5,7-12H2,1-4H3. The molecule has 18 heavy (non-hydrogen) atoms. The molecule has 0 aromatic carbocycles. The highest BCUT2D eigenvalue weighted by Gasteiger charge is 2.22. The van der Waals surface area contributed by atoms with Gasteiger partial charge in [-0.05, 0) is 30.9 Å². The molecular formula is C15H30N2O. The maximum absolute atomic E-state index is 5.20. The second kappa shape index (κ2) is 8.68. The van der Waals surface area contributed by atoms with Crippen molar-refractivity contribution in [1.82, 2.24) is 10.2 Å². The van der Waals surface area contributed by atoms with E-state index < -0.39 is 0 Å². The van der Waals surface area contributed by atoms with E-state index in [0.717, 1.165) is 32.7 Å². The molecule has 0 radical (unpaired) electrons. The Kier molecular flexibility index (Phi) is 7.56. The molecule has 0 saturated heterocycles. The molecule has 106 valence electrons. The van der Waals surface area contributed by atoms with Crippen molar-refractivity contribution in [2.24, 2.45) is 5.92 Å². The van der Waals surface area contributed by atoms with Gasteiger partial charge in [-0.3, -0.25) is 4.90 Å². The Morgan fingerprint density at radius 2 is 2.22 bits per heavy atom. The monoisotopic (exact) mass is 254 g/mol. The van der Waals surface area contributed by atoms with Crippen LogP contribution in [-0.2, 0) is 4.74 Å². The summed E-state index contributed by atoms with van der Waals surface area (Å²) in [7, 11) is 1.78. The summed E-state index contributed by atoms with van der Waals surface area (Å²) in [6.07, 6.45) is 4.72. The lowest BCUT2D eigenvalue weighted by Gasteiger charge is -2.36. The van der Waals surface area contributed by atoms with Crippen molar-refractivity contribution < 1.29 is 4.74 Å². The van der Waals surface area contributed by atoms with Crippen LogP contribution in [0.4, 0.5) is 0 Å². The van der Waals surface area contributed by atoms with Gasteiger partial charge in [-0.2, -0.15) is 0 Å². The molecule has 0 spiro atoms. The van der Waals surface area contributed by atoms with Crippen molar-refractivity contribution in [3.63, 3.8) is 0 Å². The number of rotatable bonds is 8. The zero-order valence-electron chi connectivity index (χ0n) is 12.5. The molecule has 0 aliphatic carbocycles. The summed E-state index contributed by atoms with van der Waals surface area (Å²) in [6.45, 7) is 12.2. The molecule has 1 N–H and O–H groups in total. The van der Waals surface area contributed by atoms with Crippen LogP contribution in [0.1, 0.15) is 33.6 Å². The molecule has 0 amide bonds. The fourth-order valence-corrected chi connectivity index (χ4v) is 2.56. The lowest BCUT2D eigenvalue weighted by Crippen LogP contribution is -2.47. The van der Waals surface area contributed by atoms with Crippen LogP contribution < -0.4 is 5.32 Å². The summed E-state index contributed by atoms with van der Waals surface area (Å²) in [6, 6.07) is 0.650. The number of ether oxygens (including phenoxy) is 1. The smallest absolute Gasteiger partial charge is 0.0673 e. The van der Waals surface area contributed by atoms with Gasteiger partial charge in [0.25, 0.3) is 0 Å². The average Bonchev–Trinajstić information content (AvgIpc) is 2.36. The molecule has 0 saturated carbocycles. The van der Waals surface area contributed by atoms with Crippen molar-refractivity contribution in [1.29, 1.82) is 0 Å². The van der Waals surface area contributed by atoms with Crippen molar-refractivity contribution in [3.05, 3.63) is 11.6 Å². The molecule has 0 bridgehead atoms. The van der Waals surface area contributed by atoms with Gasteiger partial charge >= 0.3 is 0 Å². The summed E-state index contributed by atoms with van der Waals surface area (Å²) >= 11 is 0. The summed E-state index contributed by atoms with van der Waals surface area (Å²) in [4.78, 5) is 2.60. The average molecular weight is 254 g/mol. The van der Waals surface area contributed by atoms with Crippen LogP contribution in [-0.4, -0.2) is 50.8 Å². The first-order valence-corrected chi connectivity index (χ1v) is 7.30. The van der Waals surface area contributed by atoms with E-state index in [1.54, 1.807) is 7.11 Å². The Balaban J connectivity index is 2.44. The predicted octanol–water partition coefficient (Wildman–Crippen LogP) is 2.29. The summed E-state index contributed by atoms with van der Waals surface area (Å²) in [5.41, 5.74) is 1.46. The van der Waals surface area contributed by atoms with E-state index in [2.05, 4.69) is 37.1 Å². The van der Waals surface area contributed by atoms with Crippen LogP contribution in [0.15, 0.2) is 11.6 Å². The van der Waals surface area contributed by atoms with Crippen molar-refractivity contribution in [2.45, 2.75) is 39.7 Å². The van der Waals surface area contributed by atoms with Crippen molar-refractivity contribution in [3.8, 4) is 0 Å². The number of nitrogens with one attached hydrogen (secondary N) is 1. The summed E-state index contributed by atoms with van der Waals surface area (Å²) < 4.78 is 5.20. The lowest BCUT2D eigenvalue weighted by molar-refractivity contribution is 0.154. The molecule has 3 heteroatoms. The number of methoxy groups -OCH3 is 1. The third-order valence-corrected chi connectivity index (χ3v) is 3.68. The van der Waals surface area contributed by atoms with Crippen LogP contribution in [0, 0.1) is 5.92 Å². The lowest BCUT2D eigenvalue weighted by atomic mass is 9.99. The third-order valence-electron chi connectivity index (χ3n) is 3.68. The Morgan fingerprint density at radius 1 is 1.44 bits per heavy atom. The highest BCUT2D eigenvalue weighted by atomic mass is 16.5. The fraction of sp³-hybridized carbons (Fsp3) is 0.867. The van der Waals surface area contributed by atoms with Crippen molar-refractivity contribution in [2.75, 3.05) is 39.9 Å². The zero-order chi connectivity index (χ0) is 13.4. The van der Waals surface area contributed by atoms with E-state index in [4.69, 9.17) is 4.74 Å². The van der Waals surface area contributed by atoms with E-state index in [1.165, 1.54) is 18.5 Å². The van der Waals surface area contributed by atoms with E-state index >= 15 is 0 Å².